The lowest BCUT2D eigenvalue weighted by Gasteiger charge is -2.24. The van der Waals surface area contributed by atoms with Crippen LogP contribution in [0.25, 0.3) is 0 Å². The first kappa shape index (κ1) is 28.4. The number of nitrogens with zero attached hydrogens (tertiary/aromatic N) is 4. The van der Waals surface area contributed by atoms with Crippen LogP contribution in [0.4, 0.5) is 0 Å². The van der Waals surface area contributed by atoms with E-state index in [1.54, 1.807) is 19.2 Å². The quantitative estimate of drug-likeness (QED) is 0.300. The molecule has 2 N–H and O–H groups in total. The average molecular weight is 577 g/mol. The fourth-order valence-electron chi connectivity index (χ4n) is 3.42. The fourth-order valence-corrected chi connectivity index (χ4v) is 5.08. The molecule has 0 atom stereocenters. The van der Waals surface area contributed by atoms with Crippen LogP contribution in [0.1, 0.15) is 57.4 Å². The second-order valence-electron chi connectivity index (χ2n) is 9.09. The number of aliphatic imine (C=N–C) groups is 1. The first-order valence-corrected chi connectivity index (χ1v) is 11.9. The molecule has 180 valence electrons. The van der Waals surface area contributed by atoms with Gasteiger partial charge in [0.05, 0.1) is 10.6 Å². The number of hydrogen-bond donors (Lipinski definition) is 2. The lowest BCUT2D eigenvalue weighted by molar-refractivity contribution is 0.472. The van der Waals surface area contributed by atoms with Crippen molar-refractivity contribution in [2.75, 3.05) is 14.1 Å². The van der Waals surface area contributed by atoms with Gasteiger partial charge in [-0.3, -0.25) is 9.67 Å². The minimum atomic E-state index is -3.64. The summed E-state index contributed by atoms with van der Waals surface area (Å²) >= 11 is 0. The topological polar surface area (TPSA) is 91.6 Å². The van der Waals surface area contributed by atoms with Crippen molar-refractivity contribution in [1.29, 1.82) is 0 Å². The van der Waals surface area contributed by atoms with Gasteiger partial charge in [-0.25, -0.2) is 13.1 Å². The van der Waals surface area contributed by atoms with Crippen molar-refractivity contribution in [3.8, 4) is 0 Å². The third kappa shape index (κ3) is 7.73. The van der Waals surface area contributed by atoms with Crippen LogP contribution in [0.2, 0.25) is 0 Å². The van der Waals surface area contributed by atoms with E-state index in [9.17, 15) is 8.42 Å². The van der Waals surface area contributed by atoms with Gasteiger partial charge in [0.2, 0.25) is 10.0 Å². The highest BCUT2D eigenvalue weighted by molar-refractivity contribution is 14.0. The van der Waals surface area contributed by atoms with Crippen molar-refractivity contribution in [2.45, 2.75) is 64.1 Å². The predicted octanol–water partition coefficient (Wildman–Crippen LogP) is 3.45. The molecule has 0 spiro atoms. The monoisotopic (exact) mass is 576 g/mol. The summed E-state index contributed by atoms with van der Waals surface area (Å²) in [6.45, 7) is 10.7. The van der Waals surface area contributed by atoms with Crippen molar-refractivity contribution in [3.05, 3.63) is 47.3 Å². The smallest absolute Gasteiger partial charge is 0.241 e. The molecular formula is C22H37IN6O2S. The number of benzene rings is 1. The maximum Gasteiger partial charge on any atom is 0.241 e. The molecule has 0 amide bonds. The number of rotatable bonds is 7. The number of guanidine groups is 1. The van der Waals surface area contributed by atoms with Gasteiger partial charge in [-0.05, 0) is 38.3 Å². The van der Waals surface area contributed by atoms with E-state index < -0.39 is 15.6 Å². The third-order valence-electron chi connectivity index (χ3n) is 4.60. The van der Waals surface area contributed by atoms with Crippen molar-refractivity contribution >= 4 is 40.0 Å². The number of halogens is 1. The van der Waals surface area contributed by atoms with Crippen LogP contribution in [-0.2, 0) is 30.2 Å². The highest BCUT2D eigenvalue weighted by atomic mass is 127. The van der Waals surface area contributed by atoms with Crippen LogP contribution < -0.4 is 10.0 Å². The van der Waals surface area contributed by atoms with Crippen molar-refractivity contribution < 1.29 is 8.42 Å². The van der Waals surface area contributed by atoms with Gasteiger partial charge in [0.25, 0.3) is 0 Å². The SMILES string of the molecule is CN=C(NCc1ccccc1S(=O)(=O)NC(C)(C)C)N(C)Cc1cn(C)nc1C(C)C.I. The standard InChI is InChI=1S/C22H36N6O2S.HI/c1-16(2)20-18(15-28(8)25-20)14-27(7)21(23-6)24-13-17-11-9-10-12-19(17)31(29,30)26-22(3,4)5;/h9-12,15-16,26H,13-14H2,1-8H3,(H,23,24);1H. The number of aryl methyl sites for hydroxylation is 1. The number of aromatic nitrogens is 2. The van der Waals surface area contributed by atoms with E-state index in [1.165, 1.54) is 0 Å². The molecule has 1 heterocycles. The van der Waals surface area contributed by atoms with Crippen LogP contribution in [0, 0.1) is 0 Å². The molecule has 10 heteroatoms. The summed E-state index contributed by atoms with van der Waals surface area (Å²) in [7, 11) is 1.96. The van der Waals surface area contributed by atoms with Gasteiger partial charge in [0, 0.05) is 51.5 Å². The van der Waals surface area contributed by atoms with Gasteiger partial charge < -0.3 is 10.2 Å². The Morgan fingerprint density at radius 3 is 2.41 bits per heavy atom. The highest BCUT2D eigenvalue weighted by Gasteiger charge is 2.24. The Morgan fingerprint density at radius 1 is 1.22 bits per heavy atom. The van der Waals surface area contributed by atoms with Crippen LogP contribution in [-0.4, -0.2) is 48.7 Å². The Hall–Kier alpha value is -1.66. The van der Waals surface area contributed by atoms with E-state index in [2.05, 4.69) is 34.0 Å². The van der Waals surface area contributed by atoms with Crippen LogP contribution in [0.5, 0.6) is 0 Å². The molecule has 0 aliphatic carbocycles. The molecule has 0 aliphatic heterocycles. The summed E-state index contributed by atoms with van der Waals surface area (Å²) in [5, 5.41) is 7.86. The minimum Gasteiger partial charge on any atom is -0.352 e. The maximum absolute atomic E-state index is 12.9. The summed E-state index contributed by atoms with van der Waals surface area (Å²) in [6, 6.07) is 7.01. The van der Waals surface area contributed by atoms with E-state index >= 15 is 0 Å². The van der Waals surface area contributed by atoms with E-state index in [4.69, 9.17) is 0 Å². The van der Waals surface area contributed by atoms with Gasteiger partial charge in [-0.1, -0.05) is 32.0 Å². The molecule has 0 radical (unpaired) electrons. The van der Waals surface area contributed by atoms with Crippen molar-refractivity contribution in [3.63, 3.8) is 0 Å². The first-order chi connectivity index (χ1) is 14.3. The largest absolute Gasteiger partial charge is 0.352 e. The molecule has 8 nitrogen and oxygen atoms in total. The van der Waals surface area contributed by atoms with E-state index in [0.29, 0.717) is 30.5 Å². The Balaban J connectivity index is 0.00000512. The number of nitrogens with one attached hydrogen (secondary N) is 2. The molecule has 32 heavy (non-hydrogen) atoms. The zero-order valence-corrected chi connectivity index (χ0v) is 23.4. The number of hydrogen-bond acceptors (Lipinski definition) is 4. The Labute approximate surface area is 209 Å². The molecule has 0 saturated carbocycles. The van der Waals surface area contributed by atoms with Gasteiger partial charge in [0.15, 0.2) is 5.96 Å². The lowest BCUT2D eigenvalue weighted by Crippen LogP contribution is -2.41. The second kappa shape index (κ2) is 11.5. The Bertz CT molecular complexity index is 1030. The van der Waals surface area contributed by atoms with Crippen molar-refractivity contribution in [2.24, 2.45) is 12.0 Å². The van der Waals surface area contributed by atoms with E-state index in [1.807, 2.05) is 62.8 Å². The first-order valence-electron chi connectivity index (χ1n) is 10.4. The van der Waals surface area contributed by atoms with Crippen LogP contribution in [0.15, 0.2) is 40.4 Å². The molecule has 0 unspecified atom stereocenters. The highest BCUT2D eigenvalue weighted by Crippen LogP contribution is 2.20. The van der Waals surface area contributed by atoms with Crippen molar-refractivity contribution in [1.82, 2.24) is 24.7 Å². The summed E-state index contributed by atoms with van der Waals surface area (Å²) in [5.74, 6) is 1.00. The normalized spacial score (nSPS) is 12.6. The van der Waals surface area contributed by atoms with Gasteiger partial charge in [-0.15, -0.1) is 24.0 Å². The minimum absolute atomic E-state index is 0. The van der Waals surface area contributed by atoms with Gasteiger partial charge >= 0.3 is 0 Å². The van der Waals surface area contributed by atoms with Crippen LogP contribution >= 0.6 is 24.0 Å². The van der Waals surface area contributed by atoms with Crippen LogP contribution in [0.3, 0.4) is 0 Å². The Kier molecular flexibility index (Phi) is 10.2. The molecule has 0 fully saturated rings. The van der Waals surface area contributed by atoms with E-state index in [0.717, 1.165) is 11.3 Å². The maximum atomic E-state index is 12.9. The zero-order chi connectivity index (χ0) is 23.4. The molecular weight excluding hydrogens is 539 g/mol. The van der Waals surface area contributed by atoms with Gasteiger partial charge in [-0.2, -0.15) is 5.10 Å². The number of sulfonamides is 1. The summed E-state index contributed by atoms with van der Waals surface area (Å²) < 4.78 is 30.3. The molecule has 0 bridgehead atoms. The lowest BCUT2D eigenvalue weighted by atomic mass is 10.1. The summed E-state index contributed by atoms with van der Waals surface area (Å²) in [6.07, 6.45) is 2.03. The molecule has 1 aromatic heterocycles. The summed E-state index contributed by atoms with van der Waals surface area (Å²) in [4.78, 5) is 6.65. The van der Waals surface area contributed by atoms with E-state index in [-0.39, 0.29) is 28.9 Å². The molecule has 1 aromatic carbocycles. The third-order valence-corrected chi connectivity index (χ3v) is 6.46. The predicted molar refractivity (Wildman–Crippen MR) is 141 cm³/mol. The van der Waals surface area contributed by atoms with Gasteiger partial charge in [0.1, 0.15) is 0 Å². The zero-order valence-electron chi connectivity index (χ0n) is 20.3. The Morgan fingerprint density at radius 2 is 1.84 bits per heavy atom. The molecule has 0 aliphatic rings. The fraction of sp³-hybridized carbons (Fsp3) is 0.545. The molecule has 2 rings (SSSR count). The molecule has 0 saturated heterocycles. The second-order valence-corrected chi connectivity index (χ2v) is 10.7. The average Bonchev–Trinajstić information content (AvgIpc) is 3.01. The molecule has 2 aromatic rings. The summed E-state index contributed by atoms with van der Waals surface area (Å²) in [5.41, 5.74) is 2.32.